The zero-order chi connectivity index (χ0) is 21.8. The number of methoxy groups -OCH3 is 1. The predicted octanol–water partition coefficient (Wildman–Crippen LogP) is 3.04. The van der Waals surface area contributed by atoms with Gasteiger partial charge in [0.05, 0.1) is 24.7 Å². The Bertz CT molecular complexity index is 1070. The Morgan fingerprint density at radius 3 is 2.58 bits per heavy atom. The van der Waals surface area contributed by atoms with Crippen LogP contribution in [-0.2, 0) is 4.74 Å². The fourth-order valence-corrected chi connectivity index (χ4v) is 3.70. The quantitative estimate of drug-likeness (QED) is 0.667. The van der Waals surface area contributed by atoms with Crippen LogP contribution in [0.3, 0.4) is 0 Å². The maximum absolute atomic E-state index is 11.7. The Morgan fingerprint density at radius 2 is 1.90 bits per heavy atom. The molecule has 0 spiro atoms. The minimum atomic E-state index is -0.293. The molecule has 0 unspecified atom stereocenters. The fourth-order valence-electron chi connectivity index (χ4n) is 3.70. The van der Waals surface area contributed by atoms with Crippen LogP contribution >= 0.6 is 0 Å². The number of amides is 3. The zero-order valence-electron chi connectivity index (χ0n) is 17.5. The molecule has 1 aromatic carbocycles. The van der Waals surface area contributed by atoms with Gasteiger partial charge in [-0.2, -0.15) is 5.10 Å². The second-order valence-electron chi connectivity index (χ2n) is 7.31. The summed E-state index contributed by atoms with van der Waals surface area (Å²) in [7, 11) is 1.40. The zero-order valence-corrected chi connectivity index (χ0v) is 17.5. The summed E-state index contributed by atoms with van der Waals surface area (Å²) < 4.78 is 6.74. The van der Waals surface area contributed by atoms with E-state index in [1.54, 1.807) is 17.3 Å². The smallest absolute Gasteiger partial charge is 0.409 e. The number of carbonyl (C=O) groups excluding carboxylic acids is 2. The number of nitrogens with one attached hydrogen (secondary N) is 2. The number of piperidine rings is 1. The third-order valence-corrected chi connectivity index (χ3v) is 5.32. The predicted molar refractivity (Wildman–Crippen MR) is 116 cm³/mol. The van der Waals surface area contributed by atoms with E-state index in [0.717, 1.165) is 29.4 Å². The number of hydrogen-bond donors (Lipinski definition) is 2. The van der Waals surface area contributed by atoms with Gasteiger partial charge in [-0.1, -0.05) is 0 Å². The first-order valence-corrected chi connectivity index (χ1v) is 10.3. The molecular weight excluding hydrogens is 398 g/mol. The Labute approximate surface area is 179 Å². The standard InChI is InChI=1S/C21H25N7O3/c1-3-22-20(29)25-16-6-4-14(5-7-16)18-23-12-15-13-24-28(19(15)26-18)17-8-10-27(11-9-17)21(30)31-2/h4-7,12-13,17H,3,8-11H2,1-2H3,(H2,22,25,29). The molecule has 1 fully saturated rings. The van der Waals surface area contributed by atoms with Gasteiger partial charge in [0.25, 0.3) is 0 Å². The van der Waals surface area contributed by atoms with Crippen LogP contribution in [0.5, 0.6) is 0 Å². The van der Waals surface area contributed by atoms with E-state index in [9.17, 15) is 9.59 Å². The summed E-state index contributed by atoms with van der Waals surface area (Å²) in [4.78, 5) is 34.3. The van der Waals surface area contributed by atoms with Gasteiger partial charge in [0.2, 0.25) is 0 Å². The number of likely N-dealkylation sites (tertiary alicyclic amines) is 1. The number of aromatic nitrogens is 4. The number of benzene rings is 1. The van der Waals surface area contributed by atoms with E-state index in [4.69, 9.17) is 9.72 Å². The second kappa shape index (κ2) is 8.99. The number of carbonyl (C=O) groups is 2. The van der Waals surface area contributed by atoms with Crippen LogP contribution in [0.1, 0.15) is 25.8 Å². The van der Waals surface area contributed by atoms with Gasteiger partial charge in [0, 0.05) is 37.1 Å². The monoisotopic (exact) mass is 423 g/mol. The van der Waals surface area contributed by atoms with Crippen LogP contribution < -0.4 is 10.6 Å². The molecule has 4 rings (SSSR count). The Kier molecular flexibility index (Phi) is 5.96. The highest BCUT2D eigenvalue weighted by Crippen LogP contribution is 2.27. The molecule has 0 aliphatic carbocycles. The summed E-state index contributed by atoms with van der Waals surface area (Å²) in [6, 6.07) is 7.30. The molecule has 3 amide bonds. The Balaban J connectivity index is 1.52. The highest BCUT2D eigenvalue weighted by atomic mass is 16.5. The van der Waals surface area contributed by atoms with Gasteiger partial charge in [-0.05, 0) is 44.0 Å². The highest BCUT2D eigenvalue weighted by Gasteiger charge is 2.26. The molecule has 0 bridgehead atoms. The normalized spacial score (nSPS) is 14.5. The molecule has 3 aromatic rings. The molecule has 31 heavy (non-hydrogen) atoms. The van der Waals surface area contributed by atoms with Crippen LogP contribution in [0.2, 0.25) is 0 Å². The summed E-state index contributed by atoms with van der Waals surface area (Å²) in [5.41, 5.74) is 2.31. The molecule has 2 aromatic heterocycles. The molecule has 1 aliphatic rings. The molecule has 2 N–H and O–H groups in total. The number of rotatable bonds is 4. The second-order valence-corrected chi connectivity index (χ2v) is 7.31. The topological polar surface area (TPSA) is 114 Å². The van der Waals surface area contributed by atoms with Gasteiger partial charge >= 0.3 is 12.1 Å². The molecule has 3 heterocycles. The minimum absolute atomic E-state index is 0.157. The van der Waals surface area contributed by atoms with Crippen LogP contribution in [0, 0.1) is 0 Å². The lowest BCUT2D eigenvalue weighted by atomic mass is 10.1. The third kappa shape index (κ3) is 4.42. The number of urea groups is 1. The first-order valence-electron chi connectivity index (χ1n) is 10.3. The summed E-state index contributed by atoms with van der Waals surface area (Å²) in [5.74, 6) is 0.589. The van der Waals surface area contributed by atoms with Crippen molar-refractivity contribution in [2.24, 2.45) is 0 Å². The van der Waals surface area contributed by atoms with Crippen molar-refractivity contribution in [3.63, 3.8) is 0 Å². The number of ether oxygens (including phenoxy) is 1. The highest BCUT2D eigenvalue weighted by molar-refractivity contribution is 5.89. The molecule has 0 radical (unpaired) electrons. The van der Waals surface area contributed by atoms with Crippen molar-refractivity contribution < 1.29 is 14.3 Å². The summed E-state index contributed by atoms with van der Waals surface area (Å²) >= 11 is 0. The third-order valence-electron chi connectivity index (χ3n) is 5.32. The summed E-state index contributed by atoms with van der Waals surface area (Å²) in [6.07, 6.45) is 4.81. The minimum Gasteiger partial charge on any atom is -0.453 e. The van der Waals surface area contributed by atoms with E-state index in [1.807, 2.05) is 35.9 Å². The first-order chi connectivity index (χ1) is 15.1. The molecule has 1 saturated heterocycles. The average molecular weight is 423 g/mol. The van der Waals surface area contributed by atoms with Crippen LogP contribution in [0.25, 0.3) is 22.4 Å². The summed E-state index contributed by atoms with van der Waals surface area (Å²) in [5, 5.41) is 10.9. The number of nitrogens with zero attached hydrogens (tertiary/aromatic N) is 5. The van der Waals surface area contributed by atoms with E-state index in [0.29, 0.717) is 31.1 Å². The largest absolute Gasteiger partial charge is 0.453 e. The van der Waals surface area contributed by atoms with Crippen molar-refractivity contribution in [1.82, 2.24) is 30.0 Å². The lowest BCUT2D eigenvalue weighted by Crippen LogP contribution is -2.39. The van der Waals surface area contributed by atoms with E-state index in [1.165, 1.54) is 7.11 Å². The van der Waals surface area contributed by atoms with Crippen molar-refractivity contribution >= 4 is 28.8 Å². The molecule has 162 valence electrons. The van der Waals surface area contributed by atoms with Crippen molar-refractivity contribution in [2.45, 2.75) is 25.8 Å². The lowest BCUT2D eigenvalue weighted by Gasteiger charge is -2.31. The van der Waals surface area contributed by atoms with E-state index in [-0.39, 0.29) is 18.2 Å². The molecule has 0 saturated carbocycles. The molecular formula is C21H25N7O3. The number of hydrogen-bond acceptors (Lipinski definition) is 6. The van der Waals surface area contributed by atoms with Crippen molar-refractivity contribution in [3.8, 4) is 11.4 Å². The van der Waals surface area contributed by atoms with Crippen molar-refractivity contribution in [1.29, 1.82) is 0 Å². The van der Waals surface area contributed by atoms with Crippen LogP contribution in [-0.4, -0.2) is 63.5 Å². The number of fused-ring (bicyclic) bond motifs is 1. The SMILES string of the molecule is CCNC(=O)Nc1ccc(-c2ncc3cnn(C4CCN(C(=O)OC)CC4)c3n2)cc1. The Hall–Kier alpha value is -3.69. The van der Waals surface area contributed by atoms with E-state index in [2.05, 4.69) is 20.7 Å². The average Bonchev–Trinajstić information content (AvgIpc) is 3.22. The van der Waals surface area contributed by atoms with Gasteiger partial charge in [-0.3, -0.25) is 0 Å². The van der Waals surface area contributed by atoms with Crippen molar-refractivity contribution in [3.05, 3.63) is 36.7 Å². The Morgan fingerprint density at radius 1 is 1.16 bits per heavy atom. The summed E-state index contributed by atoms with van der Waals surface area (Å²) in [6.45, 7) is 3.67. The maximum Gasteiger partial charge on any atom is 0.409 e. The van der Waals surface area contributed by atoms with Crippen molar-refractivity contribution in [2.75, 3.05) is 32.1 Å². The van der Waals surface area contributed by atoms with Gasteiger partial charge in [-0.15, -0.1) is 0 Å². The molecule has 10 heteroatoms. The van der Waals surface area contributed by atoms with Gasteiger partial charge in [-0.25, -0.2) is 24.2 Å². The van der Waals surface area contributed by atoms with Gasteiger partial charge in [0.15, 0.2) is 11.5 Å². The van der Waals surface area contributed by atoms with E-state index < -0.39 is 0 Å². The number of anilines is 1. The fraction of sp³-hybridized carbons (Fsp3) is 0.381. The first kappa shape index (κ1) is 20.6. The maximum atomic E-state index is 11.7. The molecule has 1 aliphatic heterocycles. The lowest BCUT2D eigenvalue weighted by molar-refractivity contribution is 0.106. The molecule has 0 atom stereocenters. The molecule has 10 nitrogen and oxygen atoms in total. The van der Waals surface area contributed by atoms with E-state index >= 15 is 0 Å². The van der Waals surface area contributed by atoms with Crippen LogP contribution in [0.4, 0.5) is 15.3 Å². The van der Waals surface area contributed by atoms with Gasteiger partial charge in [0.1, 0.15) is 0 Å². The van der Waals surface area contributed by atoms with Gasteiger partial charge < -0.3 is 20.3 Å². The van der Waals surface area contributed by atoms with Crippen LogP contribution in [0.15, 0.2) is 36.7 Å².